The highest BCUT2D eigenvalue weighted by Crippen LogP contribution is 2.32. The number of nitrogens with two attached hydrogens (primary N) is 1. The number of carbonyl (C=O) groups is 2. The third kappa shape index (κ3) is 4.51. The molecule has 0 bridgehead atoms. The number of rotatable bonds is 8. The lowest BCUT2D eigenvalue weighted by Crippen LogP contribution is -2.52. The van der Waals surface area contributed by atoms with Gasteiger partial charge in [-0.15, -0.1) is 0 Å². The van der Waals surface area contributed by atoms with Crippen molar-refractivity contribution in [1.82, 2.24) is 5.32 Å². The highest BCUT2D eigenvalue weighted by atomic mass is 16.5. The molecule has 0 heterocycles. The average Bonchev–Trinajstić information content (AvgIpc) is 2.79. The second kappa shape index (κ2) is 9.27. The van der Waals surface area contributed by atoms with Crippen molar-refractivity contribution >= 4 is 11.8 Å². The summed E-state index contributed by atoms with van der Waals surface area (Å²) >= 11 is 0. The summed E-state index contributed by atoms with van der Waals surface area (Å²) in [6.45, 7) is 1.86. The minimum Gasteiger partial charge on any atom is -0.497 e. The van der Waals surface area contributed by atoms with Crippen molar-refractivity contribution in [3.63, 3.8) is 0 Å². The molecule has 30 heavy (non-hydrogen) atoms. The van der Waals surface area contributed by atoms with Crippen LogP contribution in [0.25, 0.3) is 0 Å². The summed E-state index contributed by atoms with van der Waals surface area (Å²) in [5, 5.41) is 2.89. The molecule has 0 unspecified atom stereocenters. The van der Waals surface area contributed by atoms with Crippen molar-refractivity contribution < 1.29 is 14.3 Å². The van der Waals surface area contributed by atoms with Crippen molar-refractivity contribution in [1.29, 1.82) is 0 Å². The first-order valence-electron chi connectivity index (χ1n) is 9.79. The van der Waals surface area contributed by atoms with Gasteiger partial charge in [-0.3, -0.25) is 9.59 Å². The fraction of sp³-hybridized carbons (Fsp3) is 0.200. The largest absolute Gasteiger partial charge is 0.497 e. The van der Waals surface area contributed by atoms with Crippen molar-refractivity contribution in [2.75, 3.05) is 7.11 Å². The van der Waals surface area contributed by atoms with E-state index in [1.54, 1.807) is 7.11 Å². The van der Waals surface area contributed by atoms with E-state index < -0.39 is 17.4 Å². The lowest BCUT2D eigenvalue weighted by Gasteiger charge is -2.31. The van der Waals surface area contributed by atoms with Gasteiger partial charge in [-0.1, -0.05) is 72.8 Å². The first kappa shape index (κ1) is 21.1. The normalized spacial score (nSPS) is 12.1. The molecule has 0 fully saturated rings. The lowest BCUT2D eigenvalue weighted by atomic mass is 9.75. The van der Waals surface area contributed by atoms with Gasteiger partial charge in [0, 0.05) is 6.42 Å². The molecular formula is C25H26N2O3. The Balaban J connectivity index is 1.92. The Morgan fingerprint density at radius 1 is 0.933 bits per heavy atom. The molecule has 0 radical (unpaired) electrons. The summed E-state index contributed by atoms with van der Waals surface area (Å²) in [5.74, 6) is -0.193. The molecule has 5 nitrogen and oxygen atoms in total. The van der Waals surface area contributed by atoms with Crippen LogP contribution in [0, 0.1) is 0 Å². The van der Waals surface area contributed by atoms with Gasteiger partial charge in [0.1, 0.15) is 11.8 Å². The lowest BCUT2D eigenvalue weighted by molar-refractivity contribution is -0.129. The van der Waals surface area contributed by atoms with Gasteiger partial charge in [-0.05, 0) is 35.7 Å². The molecule has 0 aliphatic carbocycles. The molecule has 0 aliphatic rings. The molecule has 3 aromatic carbocycles. The van der Waals surface area contributed by atoms with Crippen LogP contribution < -0.4 is 15.8 Å². The van der Waals surface area contributed by atoms with Gasteiger partial charge in [0.05, 0.1) is 12.5 Å². The Morgan fingerprint density at radius 2 is 1.50 bits per heavy atom. The second-order valence-corrected chi connectivity index (χ2v) is 7.34. The number of benzene rings is 3. The fourth-order valence-corrected chi connectivity index (χ4v) is 3.53. The Morgan fingerprint density at radius 3 is 2.00 bits per heavy atom. The maximum absolute atomic E-state index is 13.6. The van der Waals surface area contributed by atoms with Crippen molar-refractivity contribution in [3.05, 3.63) is 102 Å². The molecule has 0 aromatic heterocycles. The van der Waals surface area contributed by atoms with Crippen LogP contribution in [0.1, 0.15) is 23.6 Å². The number of hydrogen-bond donors (Lipinski definition) is 2. The van der Waals surface area contributed by atoms with Gasteiger partial charge in [0.25, 0.3) is 0 Å². The van der Waals surface area contributed by atoms with Crippen LogP contribution >= 0.6 is 0 Å². The van der Waals surface area contributed by atoms with Crippen molar-refractivity contribution in [2.45, 2.75) is 24.8 Å². The minimum atomic E-state index is -0.982. The zero-order valence-corrected chi connectivity index (χ0v) is 17.2. The molecule has 5 heteroatoms. The van der Waals surface area contributed by atoms with E-state index in [9.17, 15) is 9.59 Å². The monoisotopic (exact) mass is 402 g/mol. The summed E-state index contributed by atoms with van der Waals surface area (Å²) in [6, 6.07) is 25.5. The van der Waals surface area contributed by atoms with Crippen LogP contribution in [-0.2, 0) is 21.4 Å². The number of carbonyl (C=O) groups excluding carboxylic acids is 2. The van der Waals surface area contributed by atoms with Gasteiger partial charge in [-0.2, -0.15) is 0 Å². The molecule has 2 amide bonds. The van der Waals surface area contributed by atoms with Crippen LogP contribution in [0.5, 0.6) is 5.75 Å². The molecule has 154 valence electrons. The molecule has 0 saturated carbocycles. The quantitative estimate of drug-likeness (QED) is 0.607. The molecule has 3 N–H and O–H groups in total. The second-order valence-electron chi connectivity index (χ2n) is 7.34. The number of methoxy groups -OCH3 is 1. The first-order valence-corrected chi connectivity index (χ1v) is 9.79. The van der Waals surface area contributed by atoms with E-state index in [4.69, 9.17) is 10.5 Å². The fourth-order valence-electron chi connectivity index (χ4n) is 3.53. The van der Waals surface area contributed by atoms with E-state index in [1.165, 1.54) is 0 Å². The predicted molar refractivity (Wildman–Crippen MR) is 117 cm³/mol. The molecule has 1 atom stereocenters. The van der Waals surface area contributed by atoms with Gasteiger partial charge in [0.2, 0.25) is 11.8 Å². The third-order valence-corrected chi connectivity index (χ3v) is 5.38. The summed E-state index contributed by atoms with van der Waals surface area (Å²) in [4.78, 5) is 25.7. The zero-order valence-electron chi connectivity index (χ0n) is 17.2. The highest BCUT2D eigenvalue weighted by molar-refractivity contribution is 5.95. The number of hydrogen-bond acceptors (Lipinski definition) is 3. The maximum atomic E-state index is 13.6. The number of ether oxygens (including phenoxy) is 1. The molecule has 3 aromatic rings. The van der Waals surface area contributed by atoms with Gasteiger partial charge < -0.3 is 15.8 Å². The van der Waals surface area contributed by atoms with Crippen LogP contribution in [-0.4, -0.2) is 25.0 Å². The molecule has 0 aliphatic heterocycles. The van der Waals surface area contributed by atoms with E-state index in [0.717, 1.165) is 16.7 Å². The van der Waals surface area contributed by atoms with Crippen molar-refractivity contribution in [3.8, 4) is 5.75 Å². The highest BCUT2D eigenvalue weighted by Gasteiger charge is 2.38. The van der Waals surface area contributed by atoms with Crippen LogP contribution in [0.15, 0.2) is 84.9 Å². The summed E-state index contributed by atoms with van der Waals surface area (Å²) in [7, 11) is 1.58. The Hall–Kier alpha value is -3.60. The van der Waals surface area contributed by atoms with Crippen LogP contribution in [0.4, 0.5) is 0 Å². The number of primary amides is 1. The number of amides is 2. The Bertz CT molecular complexity index is 964. The van der Waals surface area contributed by atoms with Gasteiger partial charge >= 0.3 is 0 Å². The Kier molecular flexibility index (Phi) is 6.52. The molecular weight excluding hydrogens is 376 g/mol. The van der Waals surface area contributed by atoms with Gasteiger partial charge in [-0.25, -0.2) is 0 Å². The third-order valence-electron chi connectivity index (χ3n) is 5.38. The number of nitrogens with one attached hydrogen (secondary N) is 1. The van der Waals surface area contributed by atoms with E-state index >= 15 is 0 Å². The van der Waals surface area contributed by atoms with Crippen molar-refractivity contribution in [2.24, 2.45) is 5.73 Å². The first-order chi connectivity index (χ1) is 14.4. The van der Waals surface area contributed by atoms with Crippen LogP contribution in [0.3, 0.4) is 0 Å². The predicted octanol–water partition coefficient (Wildman–Crippen LogP) is 3.21. The standard InChI is InChI=1S/C25H26N2O3/c1-25(19-11-5-3-6-12-19,20-13-7-4-8-14-20)24(29)27-22(23(26)28)17-18-10-9-15-21(16-18)30-2/h3-16,22H,17H2,1-2H3,(H2,26,28)(H,27,29)/t22-/m1/s1. The van der Waals surface area contributed by atoms with E-state index in [1.807, 2.05) is 91.9 Å². The van der Waals surface area contributed by atoms with E-state index in [0.29, 0.717) is 5.75 Å². The summed E-state index contributed by atoms with van der Waals surface area (Å²) in [6.07, 6.45) is 0.276. The van der Waals surface area contributed by atoms with E-state index in [-0.39, 0.29) is 12.3 Å². The van der Waals surface area contributed by atoms with Crippen LogP contribution in [0.2, 0.25) is 0 Å². The summed E-state index contributed by atoms with van der Waals surface area (Å²) < 4.78 is 5.24. The average molecular weight is 402 g/mol. The Labute approximate surface area is 176 Å². The topological polar surface area (TPSA) is 81.4 Å². The maximum Gasteiger partial charge on any atom is 0.240 e. The zero-order chi connectivity index (χ0) is 21.6. The van der Waals surface area contributed by atoms with E-state index in [2.05, 4.69) is 5.32 Å². The SMILES string of the molecule is COc1cccc(C[C@@H](NC(=O)C(C)(c2ccccc2)c2ccccc2)C(N)=O)c1. The molecule has 0 spiro atoms. The molecule has 3 rings (SSSR count). The minimum absolute atomic E-state index is 0.276. The summed E-state index contributed by atoms with van der Waals surface area (Å²) in [5.41, 5.74) is 7.17. The smallest absolute Gasteiger partial charge is 0.240 e. The molecule has 0 saturated heterocycles. The van der Waals surface area contributed by atoms with Gasteiger partial charge in [0.15, 0.2) is 0 Å².